The molecule has 4 bridgehead atoms. The Bertz CT molecular complexity index is 293. The molecule has 4 saturated carbocycles. The molecular formula is C15H24N2. The first-order chi connectivity index (χ1) is 8.19. The largest absolute Gasteiger partial charge is 0.315 e. The van der Waals surface area contributed by atoms with Gasteiger partial charge in [0.1, 0.15) is 0 Å². The Balaban J connectivity index is 1.57. The first-order valence-corrected chi connectivity index (χ1v) is 7.29. The van der Waals surface area contributed by atoms with Gasteiger partial charge < -0.3 is 5.32 Å². The van der Waals surface area contributed by atoms with E-state index in [9.17, 15) is 0 Å². The van der Waals surface area contributed by atoms with E-state index in [1.807, 2.05) is 6.92 Å². The van der Waals surface area contributed by atoms with Crippen LogP contribution in [0.3, 0.4) is 0 Å². The average Bonchev–Trinajstić information content (AvgIpc) is 2.26. The highest BCUT2D eigenvalue weighted by Gasteiger charge is 2.50. The van der Waals surface area contributed by atoms with E-state index in [1.54, 1.807) is 0 Å². The van der Waals surface area contributed by atoms with Crippen LogP contribution in [0.15, 0.2) is 0 Å². The third-order valence-electron chi connectivity index (χ3n) is 5.34. The predicted molar refractivity (Wildman–Crippen MR) is 68.3 cm³/mol. The Morgan fingerprint density at radius 3 is 2.18 bits per heavy atom. The second-order valence-electron chi connectivity index (χ2n) is 7.08. The first-order valence-electron chi connectivity index (χ1n) is 7.29. The normalized spacial score (nSPS) is 44.6. The van der Waals surface area contributed by atoms with Crippen LogP contribution < -0.4 is 5.32 Å². The van der Waals surface area contributed by atoms with Crippen LogP contribution in [-0.4, -0.2) is 13.1 Å². The lowest BCUT2D eigenvalue weighted by atomic mass is 9.49. The molecule has 2 nitrogen and oxygen atoms in total. The van der Waals surface area contributed by atoms with E-state index in [2.05, 4.69) is 11.4 Å². The second kappa shape index (κ2) is 4.28. The lowest BCUT2D eigenvalue weighted by Crippen LogP contribution is -2.50. The Morgan fingerprint density at radius 1 is 1.18 bits per heavy atom. The molecule has 0 amide bonds. The van der Waals surface area contributed by atoms with E-state index in [0.717, 1.165) is 24.3 Å². The molecule has 2 heteroatoms. The molecule has 4 aliphatic carbocycles. The quantitative estimate of drug-likeness (QED) is 0.809. The predicted octanol–water partition coefficient (Wildman–Crippen LogP) is 2.95. The maximum absolute atomic E-state index is 8.81. The fourth-order valence-corrected chi connectivity index (χ4v) is 5.11. The lowest BCUT2D eigenvalue weighted by molar-refractivity contribution is -0.0513. The third kappa shape index (κ3) is 2.22. The summed E-state index contributed by atoms with van der Waals surface area (Å²) in [6.07, 6.45) is 8.96. The van der Waals surface area contributed by atoms with Crippen molar-refractivity contribution in [3.8, 4) is 6.07 Å². The van der Waals surface area contributed by atoms with Crippen LogP contribution in [0.1, 0.15) is 45.4 Å². The molecule has 1 unspecified atom stereocenters. The van der Waals surface area contributed by atoms with Crippen molar-refractivity contribution in [2.45, 2.75) is 45.4 Å². The third-order valence-corrected chi connectivity index (χ3v) is 5.34. The van der Waals surface area contributed by atoms with Gasteiger partial charge in [-0.15, -0.1) is 0 Å². The van der Waals surface area contributed by atoms with E-state index in [4.69, 9.17) is 5.26 Å². The van der Waals surface area contributed by atoms with E-state index in [1.165, 1.54) is 45.1 Å². The van der Waals surface area contributed by atoms with Crippen molar-refractivity contribution in [1.29, 1.82) is 5.26 Å². The molecule has 17 heavy (non-hydrogen) atoms. The van der Waals surface area contributed by atoms with Crippen molar-refractivity contribution in [3.63, 3.8) is 0 Å². The molecular weight excluding hydrogens is 208 g/mol. The minimum absolute atomic E-state index is 0.156. The van der Waals surface area contributed by atoms with Gasteiger partial charge in [-0.1, -0.05) is 0 Å². The van der Waals surface area contributed by atoms with Gasteiger partial charge >= 0.3 is 0 Å². The molecule has 4 rings (SSSR count). The van der Waals surface area contributed by atoms with Gasteiger partial charge in [0.05, 0.1) is 12.0 Å². The molecule has 0 saturated heterocycles. The van der Waals surface area contributed by atoms with Gasteiger partial charge in [0.2, 0.25) is 0 Å². The number of hydrogen-bond donors (Lipinski definition) is 1. The zero-order valence-corrected chi connectivity index (χ0v) is 10.9. The topological polar surface area (TPSA) is 35.8 Å². The molecule has 0 heterocycles. The standard InChI is InChI=1S/C15H24N2/c1-11(8-16)9-17-10-15-5-12-2-13(6-15)4-14(3-12)7-15/h11-14,17H,2-7,9-10H2,1H3. The second-order valence-corrected chi connectivity index (χ2v) is 7.08. The number of nitrogens with one attached hydrogen (secondary N) is 1. The van der Waals surface area contributed by atoms with Crippen LogP contribution in [0.25, 0.3) is 0 Å². The van der Waals surface area contributed by atoms with Crippen LogP contribution in [-0.2, 0) is 0 Å². The minimum Gasteiger partial charge on any atom is -0.315 e. The molecule has 94 valence electrons. The van der Waals surface area contributed by atoms with Crippen LogP contribution in [0.4, 0.5) is 0 Å². The monoisotopic (exact) mass is 232 g/mol. The molecule has 0 radical (unpaired) electrons. The Labute approximate surface area is 105 Å². The summed E-state index contributed by atoms with van der Waals surface area (Å²) in [4.78, 5) is 0. The van der Waals surface area contributed by atoms with Gasteiger partial charge in [-0.3, -0.25) is 0 Å². The van der Waals surface area contributed by atoms with Gasteiger partial charge in [-0.05, 0) is 68.6 Å². The Kier molecular flexibility index (Phi) is 2.91. The van der Waals surface area contributed by atoms with Gasteiger partial charge in [0.15, 0.2) is 0 Å². The van der Waals surface area contributed by atoms with Crippen molar-refractivity contribution in [1.82, 2.24) is 5.32 Å². The summed E-state index contributed by atoms with van der Waals surface area (Å²) in [7, 11) is 0. The molecule has 0 aliphatic heterocycles. The highest BCUT2D eigenvalue weighted by atomic mass is 14.9. The van der Waals surface area contributed by atoms with Crippen molar-refractivity contribution in [2.24, 2.45) is 29.1 Å². The van der Waals surface area contributed by atoms with Crippen molar-refractivity contribution in [3.05, 3.63) is 0 Å². The van der Waals surface area contributed by atoms with Crippen LogP contribution in [0.5, 0.6) is 0 Å². The lowest BCUT2D eigenvalue weighted by Gasteiger charge is -2.57. The van der Waals surface area contributed by atoms with E-state index < -0.39 is 0 Å². The van der Waals surface area contributed by atoms with Crippen LogP contribution in [0.2, 0.25) is 0 Å². The molecule has 0 aromatic rings. The Morgan fingerprint density at radius 2 is 1.71 bits per heavy atom. The highest BCUT2D eigenvalue weighted by Crippen LogP contribution is 2.59. The highest BCUT2D eigenvalue weighted by molar-refractivity contribution is 5.02. The molecule has 0 aromatic carbocycles. The Hall–Kier alpha value is -0.550. The first kappa shape index (κ1) is 11.5. The van der Waals surface area contributed by atoms with E-state index >= 15 is 0 Å². The van der Waals surface area contributed by atoms with Gasteiger partial charge in [-0.2, -0.15) is 5.26 Å². The van der Waals surface area contributed by atoms with Gasteiger partial charge in [0, 0.05) is 13.1 Å². The smallest absolute Gasteiger partial charge is 0.0666 e. The molecule has 0 aromatic heterocycles. The minimum atomic E-state index is 0.156. The molecule has 4 fully saturated rings. The van der Waals surface area contributed by atoms with Gasteiger partial charge in [-0.25, -0.2) is 0 Å². The van der Waals surface area contributed by atoms with Crippen molar-refractivity contribution >= 4 is 0 Å². The fraction of sp³-hybridized carbons (Fsp3) is 0.933. The molecule has 1 atom stereocenters. The zero-order valence-electron chi connectivity index (χ0n) is 10.9. The average molecular weight is 232 g/mol. The zero-order chi connectivity index (χ0) is 11.9. The number of nitriles is 1. The van der Waals surface area contributed by atoms with Crippen molar-refractivity contribution < 1.29 is 0 Å². The number of rotatable bonds is 4. The maximum Gasteiger partial charge on any atom is 0.0666 e. The summed E-state index contributed by atoms with van der Waals surface area (Å²) in [5.41, 5.74) is 0.615. The summed E-state index contributed by atoms with van der Waals surface area (Å²) in [6.45, 7) is 4.05. The van der Waals surface area contributed by atoms with Crippen LogP contribution in [0, 0.1) is 40.4 Å². The van der Waals surface area contributed by atoms with Gasteiger partial charge in [0.25, 0.3) is 0 Å². The number of hydrogen-bond acceptors (Lipinski definition) is 2. The molecule has 4 aliphatic rings. The summed E-state index contributed by atoms with van der Waals surface area (Å²) < 4.78 is 0. The maximum atomic E-state index is 8.81. The van der Waals surface area contributed by atoms with Crippen LogP contribution >= 0.6 is 0 Å². The SMILES string of the molecule is CC(C#N)CNCC12CC3CC(CC(C3)C1)C2. The molecule has 1 N–H and O–H groups in total. The summed E-state index contributed by atoms with van der Waals surface area (Å²) >= 11 is 0. The summed E-state index contributed by atoms with van der Waals surface area (Å²) in [5, 5.41) is 12.4. The summed E-state index contributed by atoms with van der Waals surface area (Å²) in [5.74, 6) is 3.27. The van der Waals surface area contributed by atoms with E-state index in [-0.39, 0.29) is 5.92 Å². The van der Waals surface area contributed by atoms with Crippen molar-refractivity contribution in [2.75, 3.05) is 13.1 Å². The summed E-state index contributed by atoms with van der Waals surface area (Å²) in [6, 6.07) is 2.31. The van der Waals surface area contributed by atoms with E-state index in [0.29, 0.717) is 5.41 Å². The molecule has 0 spiro atoms. The number of nitrogens with zero attached hydrogens (tertiary/aromatic N) is 1. The fourth-order valence-electron chi connectivity index (χ4n) is 5.11.